The molecule has 0 aromatic rings. The topological polar surface area (TPSA) is 192 Å². The van der Waals surface area contributed by atoms with Gasteiger partial charge in [0.2, 0.25) is 5.91 Å². The van der Waals surface area contributed by atoms with Gasteiger partial charge < -0.3 is 35.2 Å². The summed E-state index contributed by atoms with van der Waals surface area (Å²) in [6, 6.07) is -0.225. The second kappa shape index (κ2) is 45.4. The van der Waals surface area contributed by atoms with Crippen LogP contribution in [0.4, 0.5) is 0 Å². The highest BCUT2D eigenvalue weighted by Crippen LogP contribution is 2.25. The number of carbonyl (C=O) groups is 1. The Labute approximate surface area is 393 Å². The molecule has 1 amide bonds. The number of nitrogens with one attached hydrogen (secondary N) is 1. The average molecular weight is 936 g/mol. The van der Waals surface area contributed by atoms with Gasteiger partial charge in [0.05, 0.1) is 18.8 Å². The van der Waals surface area contributed by atoms with Crippen LogP contribution in [0.1, 0.15) is 241 Å². The van der Waals surface area contributed by atoms with Crippen LogP contribution in [-0.2, 0) is 28.9 Å². The summed E-state index contributed by atoms with van der Waals surface area (Å²) in [4.78, 5) is 12.3. The molecular weight excluding hydrogens is 835 g/mol. The van der Waals surface area contributed by atoms with Crippen molar-refractivity contribution in [1.82, 2.24) is 5.32 Å². The Balaban J connectivity index is 0. The molecule has 12 nitrogen and oxygen atoms in total. The third-order valence-corrected chi connectivity index (χ3v) is 12.2. The molecule has 1 saturated heterocycles. The fraction of sp³-hybridized carbons (Fsp3) is 0.902. The number of carbonyl (C=O) groups excluding carboxylic acids is 1. The number of ether oxygens (including phenoxy) is 2. The minimum absolute atomic E-state index is 0. The molecule has 3 unspecified atom stereocenters. The van der Waals surface area contributed by atoms with Gasteiger partial charge in [0.15, 0.2) is 6.29 Å². The van der Waals surface area contributed by atoms with E-state index in [2.05, 4.69) is 41.6 Å². The molecule has 0 aliphatic carbocycles. The quantitative estimate of drug-likeness (QED) is 0.0194. The van der Waals surface area contributed by atoms with Crippen LogP contribution < -0.4 is 5.32 Å². The molecule has 1 heterocycles. The van der Waals surface area contributed by atoms with Crippen molar-refractivity contribution in [1.29, 1.82) is 0 Å². The first-order valence-corrected chi connectivity index (χ1v) is 27.0. The standard InChI is InChI=1S/C42H81NO2.C8H16O9S.CH4/c1-4-6-8-10-12-14-16-18-19-20-21-22-23-24-25-27-29-31-33-35-37-39-42(45)43-40(3)41(44)38-36-34-32-30-28-26-17-15-13-11-9-7-5-2;1-2-15-8-6(11)7(17-18(12,13)14)5(10)4(3-9)16-8;/h18-19,36,38,40-41,44H,4-17,20-35,37,39H2,1-3H3,(H,43,45);4-11H,2-3H2,1H3,(H,12,13,14);1H4/b19-18-,38-36+;;/t40?,41-;4?,5-,6?,7-,8+;/m10./s1. The molecule has 382 valence electrons. The number of aliphatic hydroxyl groups is 4. The molecule has 1 aliphatic heterocycles. The molecule has 0 saturated carbocycles. The van der Waals surface area contributed by atoms with Gasteiger partial charge in [-0.25, -0.2) is 4.18 Å². The first kappa shape index (κ1) is 64.7. The number of allylic oxidation sites excluding steroid dienone is 3. The van der Waals surface area contributed by atoms with E-state index in [4.69, 9.17) is 19.1 Å². The van der Waals surface area contributed by atoms with Crippen molar-refractivity contribution in [3.63, 3.8) is 0 Å². The highest BCUT2D eigenvalue weighted by Gasteiger charge is 2.47. The second-order valence-corrected chi connectivity index (χ2v) is 18.8. The van der Waals surface area contributed by atoms with Gasteiger partial charge in [-0.3, -0.25) is 9.35 Å². The van der Waals surface area contributed by atoms with Gasteiger partial charge in [-0.05, 0) is 58.8 Å². The molecule has 1 fully saturated rings. The summed E-state index contributed by atoms with van der Waals surface area (Å²) in [6.45, 7) is 7.58. The van der Waals surface area contributed by atoms with Gasteiger partial charge in [-0.15, -0.1) is 0 Å². The predicted octanol–water partition coefficient (Wildman–Crippen LogP) is 11.8. The van der Waals surface area contributed by atoms with Crippen LogP contribution in [0.2, 0.25) is 0 Å². The van der Waals surface area contributed by atoms with Gasteiger partial charge in [0, 0.05) is 13.0 Å². The fourth-order valence-electron chi connectivity index (χ4n) is 7.77. The molecule has 0 bridgehead atoms. The minimum atomic E-state index is -4.87. The number of hydrogen-bond donors (Lipinski definition) is 6. The van der Waals surface area contributed by atoms with E-state index in [1.165, 1.54) is 180 Å². The number of unbranched alkanes of at least 4 members (excludes halogenated alkanes) is 28. The molecular formula is C51H101NO11S. The van der Waals surface area contributed by atoms with Crippen LogP contribution in [0, 0.1) is 0 Å². The Morgan fingerprint density at radius 3 is 1.42 bits per heavy atom. The molecule has 0 aromatic carbocycles. The fourth-order valence-corrected chi connectivity index (χ4v) is 8.27. The lowest BCUT2D eigenvalue weighted by atomic mass is 9.99. The predicted molar refractivity (Wildman–Crippen MR) is 264 cm³/mol. The molecule has 7 atom stereocenters. The van der Waals surface area contributed by atoms with Gasteiger partial charge >= 0.3 is 10.4 Å². The lowest BCUT2D eigenvalue weighted by molar-refractivity contribution is -0.295. The first-order valence-electron chi connectivity index (χ1n) is 25.6. The maximum atomic E-state index is 12.3. The molecule has 64 heavy (non-hydrogen) atoms. The van der Waals surface area contributed by atoms with Crippen LogP contribution >= 0.6 is 0 Å². The summed E-state index contributed by atoms with van der Waals surface area (Å²) in [6.07, 6.45) is 42.4. The Bertz CT molecular complexity index is 1190. The Hall–Kier alpha value is -1.42. The highest BCUT2D eigenvalue weighted by molar-refractivity contribution is 7.80. The monoisotopic (exact) mass is 936 g/mol. The van der Waals surface area contributed by atoms with Crippen LogP contribution in [0.15, 0.2) is 24.3 Å². The second-order valence-electron chi connectivity index (χ2n) is 17.7. The molecule has 0 aromatic heterocycles. The maximum absolute atomic E-state index is 12.3. The summed E-state index contributed by atoms with van der Waals surface area (Å²) in [7, 11) is -4.87. The lowest BCUT2D eigenvalue weighted by Crippen LogP contribution is -2.60. The Morgan fingerprint density at radius 1 is 0.641 bits per heavy atom. The average Bonchev–Trinajstić information content (AvgIpc) is 3.25. The van der Waals surface area contributed by atoms with Crippen LogP contribution in [-0.4, -0.2) is 95.4 Å². The summed E-state index contributed by atoms with van der Waals surface area (Å²) in [5.41, 5.74) is 0. The third-order valence-electron chi connectivity index (χ3n) is 11.8. The number of rotatable bonds is 41. The molecule has 13 heteroatoms. The first-order chi connectivity index (χ1) is 30.4. The number of aliphatic hydroxyl groups excluding tert-OH is 4. The lowest BCUT2D eigenvalue weighted by Gasteiger charge is -2.40. The zero-order valence-corrected chi connectivity index (χ0v) is 41.3. The van der Waals surface area contributed by atoms with Gasteiger partial charge in [-0.2, -0.15) is 8.42 Å². The highest BCUT2D eigenvalue weighted by atomic mass is 32.3. The van der Waals surface area contributed by atoms with E-state index in [9.17, 15) is 28.5 Å². The van der Waals surface area contributed by atoms with Gasteiger partial charge in [-0.1, -0.05) is 200 Å². The van der Waals surface area contributed by atoms with E-state index in [0.717, 1.165) is 19.3 Å². The van der Waals surface area contributed by atoms with Crippen molar-refractivity contribution in [3.8, 4) is 0 Å². The van der Waals surface area contributed by atoms with E-state index < -0.39 is 53.8 Å². The molecule has 0 radical (unpaired) electrons. The number of amides is 1. The Kier molecular flexibility index (Phi) is 45.8. The molecule has 0 spiro atoms. The Morgan fingerprint density at radius 2 is 1.03 bits per heavy atom. The SMILES string of the molecule is C.CCCCCCCC/C=C\CCCCCCCCCCCCCC(=O)NC(C)[C@H](O)/C=C/CCCCCCCCCCCCC.CCO[C@@H]1OC(CO)[C@H](O)[C@H](OS(=O)(=O)O)C1O. The van der Waals surface area contributed by atoms with E-state index >= 15 is 0 Å². The zero-order chi connectivity index (χ0) is 46.8. The zero-order valence-electron chi connectivity index (χ0n) is 40.5. The van der Waals surface area contributed by atoms with Crippen LogP contribution in [0.25, 0.3) is 0 Å². The van der Waals surface area contributed by atoms with Crippen molar-refractivity contribution in [3.05, 3.63) is 24.3 Å². The van der Waals surface area contributed by atoms with Crippen LogP contribution in [0.3, 0.4) is 0 Å². The van der Waals surface area contributed by atoms with Crippen molar-refractivity contribution in [2.75, 3.05) is 13.2 Å². The van der Waals surface area contributed by atoms with Gasteiger partial charge in [0.1, 0.15) is 24.4 Å². The maximum Gasteiger partial charge on any atom is 0.397 e. The van der Waals surface area contributed by atoms with E-state index in [1.54, 1.807) is 6.92 Å². The van der Waals surface area contributed by atoms with E-state index in [-0.39, 0.29) is 26.0 Å². The molecule has 6 N–H and O–H groups in total. The largest absolute Gasteiger partial charge is 0.397 e. The summed E-state index contributed by atoms with van der Waals surface area (Å²) in [5, 5.41) is 41.7. The third kappa shape index (κ3) is 38.7. The number of hydrogen-bond acceptors (Lipinski definition) is 10. The summed E-state index contributed by atoms with van der Waals surface area (Å²) < 4.78 is 44.0. The molecule has 1 aliphatic rings. The van der Waals surface area contributed by atoms with Crippen molar-refractivity contribution in [2.24, 2.45) is 0 Å². The minimum Gasteiger partial charge on any atom is -0.394 e. The summed E-state index contributed by atoms with van der Waals surface area (Å²) >= 11 is 0. The smallest absolute Gasteiger partial charge is 0.394 e. The normalized spacial score (nSPS) is 19.9. The van der Waals surface area contributed by atoms with Crippen molar-refractivity contribution in [2.45, 2.75) is 283 Å². The van der Waals surface area contributed by atoms with Gasteiger partial charge in [0.25, 0.3) is 0 Å². The van der Waals surface area contributed by atoms with Crippen molar-refractivity contribution >= 4 is 16.3 Å². The van der Waals surface area contributed by atoms with Crippen molar-refractivity contribution < 1.29 is 51.8 Å². The van der Waals surface area contributed by atoms with E-state index in [1.807, 2.05) is 13.0 Å². The van der Waals surface area contributed by atoms with E-state index in [0.29, 0.717) is 6.42 Å². The van der Waals surface area contributed by atoms with Crippen LogP contribution in [0.5, 0.6) is 0 Å². The summed E-state index contributed by atoms with van der Waals surface area (Å²) in [5.74, 6) is 0.0774. The molecule has 1 rings (SSSR count).